The molecule has 0 aliphatic rings. The van der Waals surface area contributed by atoms with E-state index in [2.05, 4.69) is 35.2 Å². The zero-order chi connectivity index (χ0) is 10.4. The molecule has 0 aliphatic heterocycles. The number of terminal acetylenes is 1. The van der Waals surface area contributed by atoms with E-state index in [1.807, 2.05) is 0 Å². The average Bonchev–Trinajstić information content (AvgIpc) is 2.59. The van der Waals surface area contributed by atoms with E-state index >= 15 is 0 Å². The van der Waals surface area contributed by atoms with Crippen LogP contribution in [0.1, 0.15) is 26.1 Å². The Bertz CT molecular complexity index is 308. The highest BCUT2D eigenvalue weighted by atomic mass is 15.3. The second-order valence-corrected chi connectivity index (χ2v) is 3.41. The molecule has 1 heterocycles. The Morgan fingerprint density at radius 2 is 2.43 bits per heavy atom. The van der Waals surface area contributed by atoms with Crippen LogP contribution in [0.15, 0.2) is 6.33 Å². The van der Waals surface area contributed by atoms with Gasteiger partial charge in [-0.2, -0.15) is 5.10 Å². The van der Waals surface area contributed by atoms with Gasteiger partial charge >= 0.3 is 0 Å². The SMILES string of the molecule is C#CCCn1cnc(CNC(C)C)n1. The van der Waals surface area contributed by atoms with Crippen LogP contribution < -0.4 is 5.32 Å². The average molecular weight is 192 g/mol. The van der Waals surface area contributed by atoms with Gasteiger partial charge in [0.1, 0.15) is 6.33 Å². The Kier molecular flexibility index (Phi) is 4.14. The summed E-state index contributed by atoms with van der Waals surface area (Å²) >= 11 is 0. The molecular weight excluding hydrogens is 176 g/mol. The smallest absolute Gasteiger partial charge is 0.164 e. The van der Waals surface area contributed by atoms with Crippen LogP contribution >= 0.6 is 0 Å². The third-order valence-electron chi connectivity index (χ3n) is 1.74. The predicted octanol–water partition coefficient (Wildman–Crippen LogP) is 0.799. The molecule has 1 aromatic heterocycles. The Morgan fingerprint density at radius 1 is 1.64 bits per heavy atom. The Balaban J connectivity index is 2.39. The summed E-state index contributed by atoms with van der Waals surface area (Å²) in [5.74, 6) is 3.39. The van der Waals surface area contributed by atoms with Crippen molar-refractivity contribution in [2.75, 3.05) is 0 Å². The van der Waals surface area contributed by atoms with E-state index < -0.39 is 0 Å². The Morgan fingerprint density at radius 3 is 3.07 bits per heavy atom. The van der Waals surface area contributed by atoms with Crippen molar-refractivity contribution < 1.29 is 0 Å². The molecule has 1 rings (SSSR count). The first-order valence-corrected chi connectivity index (χ1v) is 4.77. The standard InChI is InChI=1S/C10H16N4/c1-4-5-6-14-8-12-10(13-14)7-11-9(2)3/h1,8-9,11H,5-7H2,2-3H3. The summed E-state index contributed by atoms with van der Waals surface area (Å²) in [7, 11) is 0. The number of aryl methyl sites for hydroxylation is 1. The zero-order valence-corrected chi connectivity index (χ0v) is 8.70. The van der Waals surface area contributed by atoms with Gasteiger partial charge in [-0.1, -0.05) is 13.8 Å². The third kappa shape index (κ3) is 3.58. The van der Waals surface area contributed by atoms with Crippen LogP contribution in [-0.4, -0.2) is 20.8 Å². The summed E-state index contributed by atoms with van der Waals surface area (Å²) < 4.78 is 1.78. The van der Waals surface area contributed by atoms with Crippen LogP contribution in [0.4, 0.5) is 0 Å². The summed E-state index contributed by atoms with van der Waals surface area (Å²) in [6.45, 7) is 5.64. The molecule has 0 atom stereocenters. The van der Waals surface area contributed by atoms with Gasteiger partial charge in [0.15, 0.2) is 5.82 Å². The van der Waals surface area contributed by atoms with Gasteiger partial charge in [0.05, 0.1) is 13.1 Å². The van der Waals surface area contributed by atoms with E-state index in [0.717, 1.165) is 12.4 Å². The summed E-state index contributed by atoms with van der Waals surface area (Å²) in [5, 5.41) is 7.52. The van der Waals surface area contributed by atoms with Crippen molar-refractivity contribution in [3.8, 4) is 12.3 Å². The van der Waals surface area contributed by atoms with Crippen molar-refractivity contribution in [3.05, 3.63) is 12.2 Å². The fourth-order valence-electron chi connectivity index (χ4n) is 0.996. The number of hydrogen-bond donors (Lipinski definition) is 1. The fourth-order valence-corrected chi connectivity index (χ4v) is 0.996. The quantitative estimate of drug-likeness (QED) is 0.702. The second-order valence-electron chi connectivity index (χ2n) is 3.41. The first-order valence-electron chi connectivity index (χ1n) is 4.77. The van der Waals surface area contributed by atoms with Crippen LogP contribution in [0.3, 0.4) is 0 Å². The molecule has 0 fully saturated rings. The number of nitrogens with one attached hydrogen (secondary N) is 1. The summed E-state index contributed by atoms with van der Waals surface area (Å²) in [5.41, 5.74) is 0. The van der Waals surface area contributed by atoms with Gasteiger partial charge in [0.2, 0.25) is 0 Å². The molecule has 0 amide bonds. The minimum atomic E-state index is 0.452. The minimum Gasteiger partial charge on any atom is -0.308 e. The topological polar surface area (TPSA) is 42.7 Å². The lowest BCUT2D eigenvalue weighted by Crippen LogP contribution is -2.22. The Labute approximate surface area is 84.7 Å². The molecule has 0 aromatic carbocycles. The first-order chi connectivity index (χ1) is 6.72. The molecule has 0 saturated heterocycles. The first kappa shape index (κ1) is 10.7. The van der Waals surface area contributed by atoms with Crippen LogP contribution in [0.25, 0.3) is 0 Å². The van der Waals surface area contributed by atoms with Crippen molar-refractivity contribution in [2.45, 2.75) is 39.4 Å². The molecule has 4 heteroatoms. The highest BCUT2D eigenvalue weighted by Gasteiger charge is 2.00. The third-order valence-corrected chi connectivity index (χ3v) is 1.74. The van der Waals surface area contributed by atoms with E-state index in [1.54, 1.807) is 11.0 Å². The molecule has 0 radical (unpaired) electrons. The predicted molar refractivity (Wildman–Crippen MR) is 55.4 cm³/mol. The van der Waals surface area contributed by atoms with Gasteiger partial charge in [0, 0.05) is 12.5 Å². The molecule has 76 valence electrons. The molecule has 1 N–H and O–H groups in total. The normalized spacial score (nSPS) is 10.4. The monoisotopic (exact) mass is 192 g/mol. The van der Waals surface area contributed by atoms with Gasteiger partial charge in [-0.3, -0.25) is 4.68 Å². The maximum absolute atomic E-state index is 5.16. The minimum absolute atomic E-state index is 0.452. The fraction of sp³-hybridized carbons (Fsp3) is 0.600. The summed E-state index contributed by atoms with van der Waals surface area (Å²) in [4.78, 5) is 4.16. The summed E-state index contributed by atoms with van der Waals surface area (Å²) in [6.07, 6.45) is 7.57. The highest BCUT2D eigenvalue weighted by Crippen LogP contribution is 1.92. The van der Waals surface area contributed by atoms with Gasteiger partial charge in [-0.05, 0) is 0 Å². The van der Waals surface area contributed by atoms with E-state index in [1.165, 1.54) is 0 Å². The largest absolute Gasteiger partial charge is 0.308 e. The van der Waals surface area contributed by atoms with E-state index in [-0.39, 0.29) is 0 Å². The van der Waals surface area contributed by atoms with Crippen LogP contribution in [0.5, 0.6) is 0 Å². The van der Waals surface area contributed by atoms with Crippen molar-refractivity contribution in [2.24, 2.45) is 0 Å². The van der Waals surface area contributed by atoms with Gasteiger partial charge in [-0.15, -0.1) is 12.3 Å². The molecule has 0 bridgehead atoms. The molecule has 0 spiro atoms. The summed E-state index contributed by atoms with van der Waals surface area (Å²) in [6, 6.07) is 0.452. The number of hydrogen-bond acceptors (Lipinski definition) is 3. The van der Waals surface area contributed by atoms with Crippen molar-refractivity contribution >= 4 is 0 Å². The molecule has 1 aromatic rings. The Hall–Kier alpha value is -1.34. The van der Waals surface area contributed by atoms with E-state index in [4.69, 9.17) is 6.42 Å². The number of nitrogens with zero attached hydrogens (tertiary/aromatic N) is 3. The lowest BCUT2D eigenvalue weighted by Gasteiger charge is -2.03. The molecule has 4 nitrogen and oxygen atoms in total. The van der Waals surface area contributed by atoms with Crippen molar-refractivity contribution in [3.63, 3.8) is 0 Å². The van der Waals surface area contributed by atoms with Crippen molar-refractivity contribution in [1.82, 2.24) is 20.1 Å². The molecule has 0 aliphatic carbocycles. The van der Waals surface area contributed by atoms with Gasteiger partial charge in [-0.25, -0.2) is 4.98 Å². The molecule has 14 heavy (non-hydrogen) atoms. The lowest BCUT2D eigenvalue weighted by atomic mass is 10.4. The molecule has 0 saturated carbocycles. The highest BCUT2D eigenvalue weighted by molar-refractivity contribution is 4.85. The van der Waals surface area contributed by atoms with E-state index in [0.29, 0.717) is 19.0 Å². The maximum Gasteiger partial charge on any atom is 0.164 e. The van der Waals surface area contributed by atoms with Crippen molar-refractivity contribution in [1.29, 1.82) is 0 Å². The van der Waals surface area contributed by atoms with Crippen LogP contribution in [0.2, 0.25) is 0 Å². The van der Waals surface area contributed by atoms with Gasteiger partial charge in [0.25, 0.3) is 0 Å². The van der Waals surface area contributed by atoms with E-state index in [9.17, 15) is 0 Å². The van der Waals surface area contributed by atoms with Crippen LogP contribution in [0, 0.1) is 12.3 Å². The van der Waals surface area contributed by atoms with Crippen LogP contribution in [-0.2, 0) is 13.1 Å². The number of rotatable bonds is 5. The molecule has 0 unspecified atom stereocenters. The molecular formula is C10H16N4. The van der Waals surface area contributed by atoms with Gasteiger partial charge < -0.3 is 5.32 Å². The lowest BCUT2D eigenvalue weighted by molar-refractivity contribution is 0.559. The zero-order valence-electron chi connectivity index (χ0n) is 8.70. The second kappa shape index (κ2) is 5.40. The number of aromatic nitrogens is 3. The maximum atomic E-state index is 5.16.